The summed E-state index contributed by atoms with van der Waals surface area (Å²) in [6.07, 6.45) is 2.41. The maximum Gasteiger partial charge on any atom is 0.125 e. The van der Waals surface area contributed by atoms with Crippen molar-refractivity contribution < 1.29 is 4.74 Å². The Morgan fingerprint density at radius 2 is 2.22 bits per heavy atom. The lowest BCUT2D eigenvalue weighted by atomic mass is 9.89. The fourth-order valence-electron chi connectivity index (χ4n) is 2.56. The zero-order valence-electron chi connectivity index (χ0n) is 10.1. The van der Waals surface area contributed by atoms with E-state index in [0.29, 0.717) is 23.0 Å². The predicted molar refractivity (Wildman–Crippen MR) is 73.4 cm³/mol. The summed E-state index contributed by atoms with van der Waals surface area (Å²) in [6, 6.07) is 6.23. The lowest BCUT2D eigenvalue weighted by molar-refractivity contribution is 0.00675. The average Bonchev–Trinajstić information content (AvgIpc) is 2.66. The highest BCUT2D eigenvalue weighted by atomic mass is 35.5. The average molecular weight is 285 g/mol. The van der Waals surface area contributed by atoms with Gasteiger partial charge in [-0.05, 0) is 31.0 Å². The maximum atomic E-state index is 5.99. The third kappa shape index (κ3) is 1.91. The number of hydrogen-bond donors (Lipinski definition) is 0. The number of fused-ring (bicyclic) bond motifs is 1. The van der Waals surface area contributed by atoms with Crippen LogP contribution in [-0.2, 0) is 10.6 Å². The lowest BCUT2D eigenvalue weighted by Gasteiger charge is -2.36. The molecule has 1 aromatic heterocycles. The molecule has 96 valence electrons. The summed E-state index contributed by atoms with van der Waals surface area (Å²) in [6.45, 7) is 0. The molecule has 0 aliphatic heterocycles. The van der Waals surface area contributed by atoms with Gasteiger partial charge in [-0.2, -0.15) is 0 Å². The smallest absolute Gasteiger partial charge is 0.125 e. The molecule has 0 atom stereocenters. The van der Waals surface area contributed by atoms with Crippen molar-refractivity contribution in [3.63, 3.8) is 0 Å². The molecule has 0 bridgehead atoms. The quantitative estimate of drug-likeness (QED) is 0.802. The molecule has 0 spiro atoms. The monoisotopic (exact) mass is 284 g/mol. The number of ether oxygens (including phenoxy) is 1. The SMILES string of the molecule is COC1CC(n2c(CCl)nc3cc(Cl)ccc32)C1. The van der Waals surface area contributed by atoms with E-state index in [1.165, 1.54) is 0 Å². The van der Waals surface area contributed by atoms with Gasteiger partial charge in [-0.25, -0.2) is 4.98 Å². The van der Waals surface area contributed by atoms with Gasteiger partial charge in [0, 0.05) is 18.2 Å². The van der Waals surface area contributed by atoms with Crippen molar-refractivity contribution in [2.45, 2.75) is 30.9 Å². The number of halogens is 2. The van der Waals surface area contributed by atoms with Crippen LogP contribution in [0, 0.1) is 0 Å². The molecule has 0 saturated heterocycles. The highest BCUT2D eigenvalue weighted by Crippen LogP contribution is 2.38. The molecular weight excluding hydrogens is 271 g/mol. The van der Waals surface area contributed by atoms with Gasteiger partial charge in [0.05, 0.1) is 23.0 Å². The fourth-order valence-corrected chi connectivity index (χ4v) is 2.92. The van der Waals surface area contributed by atoms with E-state index in [-0.39, 0.29) is 0 Å². The van der Waals surface area contributed by atoms with Gasteiger partial charge in [0.25, 0.3) is 0 Å². The van der Waals surface area contributed by atoms with Crippen LogP contribution < -0.4 is 0 Å². The topological polar surface area (TPSA) is 27.1 Å². The van der Waals surface area contributed by atoms with E-state index in [1.807, 2.05) is 18.2 Å². The second-order valence-corrected chi connectivity index (χ2v) is 5.35. The minimum Gasteiger partial charge on any atom is -0.381 e. The highest BCUT2D eigenvalue weighted by molar-refractivity contribution is 6.31. The van der Waals surface area contributed by atoms with Crippen molar-refractivity contribution in [2.24, 2.45) is 0 Å². The third-order valence-electron chi connectivity index (χ3n) is 3.61. The van der Waals surface area contributed by atoms with Crippen molar-refractivity contribution in [2.75, 3.05) is 7.11 Å². The molecule has 2 aromatic rings. The van der Waals surface area contributed by atoms with Crippen molar-refractivity contribution >= 4 is 34.2 Å². The van der Waals surface area contributed by atoms with E-state index in [0.717, 1.165) is 29.7 Å². The minimum absolute atomic E-state index is 0.364. The first-order valence-electron chi connectivity index (χ1n) is 5.98. The van der Waals surface area contributed by atoms with Crippen LogP contribution in [0.5, 0.6) is 0 Å². The van der Waals surface area contributed by atoms with Crippen molar-refractivity contribution in [1.82, 2.24) is 9.55 Å². The minimum atomic E-state index is 0.364. The van der Waals surface area contributed by atoms with E-state index in [2.05, 4.69) is 9.55 Å². The number of alkyl halides is 1. The standard InChI is InChI=1S/C13H14Cl2N2O/c1-18-10-5-9(6-10)17-12-3-2-8(15)4-11(12)16-13(17)7-14/h2-4,9-10H,5-7H2,1H3. The molecule has 0 N–H and O–H groups in total. The summed E-state index contributed by atoms with van der Waals surface area (Å²) in [4.78, 5) is 4.55. The van der Waals surface area contributed by atoms with Crippen LogP contribution in [0.4, 0.5) is 0 Å². The number of benzene rings is 1. The van der Waals surface area contributed by atoms with Gasteiger partial charge >= 0.3 is 0 Å². The van der Waals surface area contributed by atoms with Gasteiger partial charge in [0.2, 0.25) is 0 Å². The van der Waals surface area contributed by atoms with Gasteiger partial charge < -0.3 is 9.30 Å². The number of nitrogens with zero attached hydrogens (tertiary/aromatic N) is 2. The first-order chi connectivity index (χ1) is 8.72. The molecule has 1 aliphatic rings. The number of imidazole rings is 1. The molecule has 3 rings (SSSR count). The van der Waals surface area contributed by atoms with Gasteiger partial charge in [-0.15, -0.1) is 11.6 Å². The Morgan fingerprint density at radius 3 is 2.89 bits per heavy atom. The summed E-state index contributed by atoms with van der Waals surface area (Å²) in [5.41, 5.74) is 2.02. The number of hydrogen-bond acceptors (Lipinski definition) is 2. The molecule has 0 amide bonds. The molecule has 5 heteroatoms. The maximum absolute atomic E-state index is 5.99. The second kappa shape index (κ2) is 4.72. The number of aromatic nitrogens is 2. The molecule has 1 aliphatic carbocycles. The summed E-state index contributed by atoms with van der Waals surface area (Å²) in [5, 5.41) is 0.705. The highest BCUT2D eigenvalue weighted by Gasteiger charge is 2.32. The molecule has 1 aromatic carbocycles. The Hall–Kier alpha value is -0.770. The van der Waals surface area contributed by atoms with Gasteiger partial charge in [0.1, 0.15) is 5.82 Å². The predicted octanol–water partition coefficient (Wildman–Crippen LogP) is 3.78. The molecular formula is C13H14Cl2N2O. The zero-order valence-corrected chi connectivity index (χ0v) is 11.6. The fraction of sp³-hybridized carbons (Fsp3) is 0.462. The van der Waals surface area contributed by atoms with Crippen LogP contribution in [0.15, 0.2) is 18.2 Å². The number of rotatable bonds is 3. The van der Waals surface area contributed by atoms with E-state index in [9.17, 15) is 0 Å². The summed E-state index contributed by atoms with van der Waals surface area (Å²) in [7, 11) is 1.76. The van der Waals surface area contributed by atoms with Crippen molar-refractivity contribution in [3.05, 3.63) is 29.0 Å². The third-order valence-corrected chi connectivity index (χ3v) is 4.09. The number of methoxy groups -OCH3 is 1. The van der Waals surface area contributed by atoms with E-state index in [4.69, 9.17) is 27.9 Å². The molecule has 18 heavy (non-hydrogen) atoms. The summed E-state index contributed by atoms with van der Waals surface area (Å²) < 4.78 is 7.56. The van der Waals surface area contributed by atoms with E-state index >= 15 is 0 Å². The van der Waals surface area contributed by atoms with Gasteiger partial charge in [-0.1, -0.05) is 11.6 Å². The second-order valence-electron chi connectivity index (χ2n) is 4.65. The van der Waals surface area contributed by atoms with Crippen molar-refractivity contribution in [3.8, 4) is 0 Å². The Kier molecular flexibility index (Phi) is 3.22. The van der Waals surface area contributed by atoms with E-state index in [1.54, 1.807) is 7.11 Å². The molecule has 0 radical (unpaired) electrons. The molecule has 3 nitrogen and oxygen atoms in total. The van der Waals surface area contributed by atoms with Gasteiger partial charge in [-0.3, -0.25) is 0 Å². The Morgan fingerprint density at radius 1 is 1.44 bits per heavy atom. The van der Waals surface area contributed by atoms with Crippen LogP contribution in [0.3, 0.4) is 0 Å². The van der Waals surface area contributed by atoms with Crippen LogP contribution in [0.1, 0.15) is 24.7 Å². The van der Waals surface area contributed by atoms with Crippen molar-refractivity contribution in [1.29, 1.82) is 0 Å². The Balaban J connectivity index is 2.04. The molecule has 1 saturated carbocycles. The molecule has 0 unspecified atom stereocenters. The van der Waals surface area contributed by atoms with Gasteiger partial charge in [0.15, 0.2) is 0 Å². The van der Waals surface area contributed by atoms with Crippen LogP contribution in [-0.4, -0.2) is 22.8 Å². The first-order valence-corrected chi connectivity index (χ1v) is 6.89. The first kappa shape index (κ1) is 12.3. The molecule has 1 fully saturated rings. The Labute approximate surface area is 116 Å². The lowest BCUT2D eigenvalue weighted by Crippen LogP contribution is -2.33. The van der Waals surface area contributed by atoms with Crippen LogP contribution in [0.25, 0.3) is 11.0 Å². The zero-order chi connectivity index (χ0) is 12.7. The van der Waals surface area contributed by atoms with Crippen LogP contribution >= 0.6 is 23.2 Å². The summed E-state index contributed by atoms with van der Waals surface area (Å²) >= 11 is 12.0. The largest absolute Gasteiger partial charge is 0.381 e. The Bertz CT molecular complexity index is 576. The summed E-state index contributed by atoms with van der Waals surface area (Å²) in [5.74, 6) is 1.33. The molecule has 1 heterocycles. The normalized spacial score (nSPS) is 23.3. The van der Waals surface area contributed by atoms with Crippen LogP contribution in [0.2, 0.25) is 5.02 Å². The van der Waals surface area contributed by atoms with E-state index < -0.39 is 0 Å².